The van der Waals surface area contributed by atoms with E-state index in [1.165, 1.54) is 27.8 Å². The van der Waals surface area contributed by atoms with Crippen molar-refractivity contribution in [1.82, 2.24) is 4.90 Å². The largest absolute Gasteiger partial charge is 0.269 e. The molecule has 5 rings (SSSR count). The molecule has 4 aromatic rings. The fourth-order valence-corrected chi connectivity index (χ4v) is 5.92. The topological polar surface area (TPSA) is 46.6 Å². The van der Waals surface area contributed by atoms with Crippen molar-refractivity contribution in [3.8, 4) is 11.8 Å². The minimum absolute atomic E-state index is 0.0431. The van der Waals surface area contributed by atoms with E-state index < -0.39 is 15.7 Å². The molecule has 1 atom stereocenters. The Morgan fingerprint density at radius 1 is 0.789 bits per heavy atom. The lowest BCUT2D eigenvalue weighted by atomic mass is 9.73. The van der Waals surface area contributed by atoms with Gasteiger partial charge in [-0.2, -0.15) is 8.42 Å². The van der Waals surface area contributed by atoms with Gasteiger partial charge in [0.25, 0.3) is 10.1 Å². The van der Waals surface area contributed by atoms with Gasteiger partial charge in [-0.3, -0.25) is 9.08 Å². The zero-order valence-electron chi connectivity index (χ0n) is 21.5. The fraction of sp³-hybridized carbons (Fsp3) is 0.212. The van der Waals surface area contributed by atoms with Crippen molar-refractivity contribution >= 4 is 10.1 Å². The lowest BCUT2D eigenvalue weighted by Crippen LogP contribution is -2.52. The third-order valence-electron chi connectivity index (χ3n) is 7.05. The molecule has 0 N–H and O–H groups in total. The molecule has 5 heteroatoms. The lowest BCUT2D eigenvalue weighted by Gasteiger charge is -2.50. The van der Waals surface area contributed by atoms with E-state index >= 15 is 0 Å². The van der Waals surface area contributed by atoms with Gasteiger partial charge in [-0.1, -0.05) is 127 Å². The van der Waals surface area contributed by atoms with Crippen LogP contribution in [0.1, 0.15) is 40.3 Å². The van der Waals surface area contributed by atoms with Gasteiger partial charge in [-0.25, -0.2) is 0 Å². The predicted molar refractivity (Wildman–Crippen MR) is 152 cm³/mol. The summed E-state index contributed by atoms with van der Waals surface area (Å²) in [5.41, 5.74) is 5.39. The van der Waals surface area contributed by atoms with Crippen molar-refractivity contribution in [3.05, 3.63) is 143 Å². The van der Waals surface area contributed by atoms with Gasteiger partial charge in [0.15, 0.2) is 0 Å². The molecule has 38 heavy (non-hydrogen) atoms. The van der Waals surface area contributed by atoms with Crippen molar-refractivity contribution < 1.29 is 12.6 Å². The molecule has 0 aromatic heterocycles. The molecular formula is C33H31NO3S. The second kappa shape index (κ2) is 11.4. The summed E-state index contributed by atoms with van der Waals surface area (Å²) in [6, 6.07) is 40.2. The molecule has 0 bridgehead atoms. The Hall–Kier alpha value is -3.69. The van der Waals surface area contributed by atoms with Crippen molar-refractivity contribution in [1.29, 1.82) is 0 Å². The van der Waals surface area contributed by atoms with Crippen LogP contribution in [0, 0.1) is 11.8 Å². The third-order valence-corrected chi connectivity index (χ3v) is 7.65. The fourth-order valence-electron chi connectivity index (χ4n) is 5.53. The minimum Gasteiger partial charge on any atom is -0.269 e. The second-order valence-electron chi connectivity index (χ2n) is 9.45. The minimum atomic E-state index is -3.50. The first-order chi connectivity index (χ1) is 18.5. The highest BCUT2D eigenvalue weighted by Gasteiger charge is 2.46. The third kappa shape index (κ3) is 5.30. The summed E-state index contributed by atoms with van der Waals surface area (Å²) < 4.78 is 27.8. The summed E-state index contributed by atoms with van der Waals surface area (Å²) in [6.45, 7) is 0.844. The van der Waals surface area contributed by atoms with Crippen molar-refractivity contribution in [2.75, 3.05) is 19.4 Å². The van der Waals surface area contributed by atoms with E-state index in [0.29, 0.717) is 6.42 Å². The quantitative estimate of drug-likeness (QED) is 0.131. The van der Waals surface area contributed by atoms with E-state index in [1.54, 1.807) is 0 Å². The Labute approximate surface area is 226 Å². The highest BCUT2D eigenvalue weighted by Crippen LogP contribution is 2.48. The normalized spacial score (nSPS) is 15.8. The van der Waals surface area contributed by atoms with Crippen molar-refractivity contribution in [3.63, 3.8) is 0 Å². The molecule has 0 spiro atoms. The van der Waals surface area contributed by atoms with E-state index in [4.69, 9.17) is 4.18 Å². The van der Waals surface area contributed by atoms with Crippen LogP contribution in [-0.2, 0) is 26.3 Å². The van der Waals surface area contributed by atoms with Gasteiger partial charge in [-0.15, -0.1) is 0 Å². The first kappa shape index (κ1) is 25.9. The van der Waals surface area contributed by atoms with Gasteiger partial charge >= 0.3 is 0 Å². The number of benzene rings is 4. The number of rotatable bonds is 7. The van der Waals surface area contributed by atoms with Crippen molar-refractivity contribution in [2.45, 2.75) is 24.4 Å². The van der Waals surface area contributed by atoms with E-state index in [-0.39, 0.29) is 12.6 Å². The molecule has 0 amide bonds. The van der Waals surface area contributed by atoms with Crippen LogP contribution in [0.5, 0.6) is 0 Å². The Balaban J connectivity index is 1.71. The van der Waals surface area contributed by atoms with Gasteiger partial charge in [0.05, 0.1) is 24.4 Å². The average Bonchev–Trinajstić information content (AvgIpc) is 2.95. The van der Waals surface area contributed by atoms with E-state index in [9.17, 15) is 8.42 Å². The molecule has 192 valence electrons. The monoisotopic (exact) mass is 521 g/mol. The SMILES string of the molecule is CS(=O)(=O)OCCC#C[C@@H]1c2ccccc2CCN1C(c1ccccc1)(c1ccccc1)c1ccccc1. The number of hydrogen-bond acceptors (Lipinski definition) is 4. The summed E-state index contributed by atoms with van der Waals surface area (Å²) in [5.74, 6) is 6.77. The Morgan fingerprint density at radius 3 is 1.82 bits per heavy atom. The van der Waals surface area contributed by atoms with Crippen LogP contribution in [0.25, 0.3) is 0 Å². The number of fused-ring (bicyclic) bond motifs is 1. The highest BCUT2D eigenvalue weighted by atomic mass is 32.2. The standard InChI is InChI=1S/C33H31NO3S/c1-38(35,36)37-26-14-13-23-32-31-22-12-11-15-27(31)24-25-34(32)33(28-16-5-2-6-17-28,29-18-7-3-8-19-29)30-20-9-4-10-21-30/h2-12,15-22,32H,14,24-26H2,1H3/t32-/m1/s1. The number of hydrogen-bond donors (Lipinski definition) is 0. The summed E-state index contributed by atoms with van der Waals surface area (Å²) in [6.07, 6.45) is 2.29. The van der Waals surface area contributed by atoms with Crippen LogP contribution in [0.15, 0.2) is 115 Å². The van der Waals surface area contributed by atoms with Crippen LogP contribution >= 0.6 is 0 Å². The maximum absolute atomic E-state index is 11.4. The molecule has 0 aliphatic carbocycles. The molecule has 1 aliphatic heterocycles. The summed E-state index contributed by atoms with van der Waals surface area (Å²) >= 11 is 0. The molecule has 0 unspecified atom stereocenters. The van der Waals surface area contributed by atoms with E-state index in [1.807, 2.05) is 0 Å². The maximum Gasteiger partial charge on any atom is 0.264 e. The number of nitrogens with zero attached hydrogens (tertiary/aromatic N) is 1. The lowest BCUT2D eigenvalue weighted by molar-refractivity contribution is 0.118. The molecular weight excluding hydrogens is 490 g/mol. The molecule has 0 saturated carbocycles. The molecule has 0 saturated heterocycles. The second-order valence-corrected chi connectivity index (χ2v) is 11.1. The average molecular weight is 522 g/mol. The van der Waals surface area contributed by atoms with E-state index in [0.717, 1.165) is 19.2 Å². The van der Waals surface area contributed by atoms with Gasteiger partial charge in [0, 0.05) is 13.0 Å². The van der Waals surface area contributed by atoms with Gasteiger partial charge in [0.2, 0.25) is 0 Å². The molecule has 0 radical (unpaired) electrons. The molecule has 1 heterocycles. The highest BCUT2D eigenvalue weighted by molar-refractivity contribution is 7.85. The predicted octanol–water partition coefficient (Wildman–Crippen LogP) is 5.95. The molecule has 4 nitrogen and oxygen atoms in total. The summed E-state index contributed by atoms with van der Waals surface area (Å²) in [4.78, 5) is 2.51. The van der Waals surface area contributed by atoms with Gasteiger partial charge in [0.1, 0.15) is 0 Å². The zero-order valence-corrected chi connectivity index (χ0v) is 22.3. The summed E-state index contributed by atoms with van der Waals surface area (Å²) in [7, 11) is -3.50. The van der Waals surface area contributed by atoms with Crippen LogP contribution in [0.2, 0.25) is 0 Å². The first-order valence-electron chi connectivity index (χ1n) is 12.8. The molecule has 1 aliphatic rings. The summed E-state index contributed by atoms with van der Waals surface area (Å²) in [5, 5.41) is 0. The molecule has 4 aromatic carbocycles. The van der Waals surface area contributed by atoms with Gasteiger partial charge in [-0.05, 0) is 34.2 Å². The van der Waals surface area contributed by atoms with Gasteiger partial charge < -0.3 is 0 Å². The maximum atomic E-state index is 11.4. The van der Waals surface area contributed by atoms with Crippen LogP contribution in [0.3, 0.4) is 0 Å². The Morgan fingerprint density at radius 2 is 1.29 bits per heavy atom. The smallest absolute Gasteiger partial charge is 0.264 e. The van der Waals surface area contributed by atoms with Crippen molar-refractivity contribution in [2.24, 2.45) is 0 Å². The van der Waals surface area contributed by atoms with E-state index in [2.05, 4.69) is 132 Å². The molecule has 0 fully saturated rings. The van der Waals surface area contributed by atoms with Crippen LogP contribution in [-0.4, -0.2) is 32.7 Å². The first-order valence-corrected chi connectivity index (χ1v) is 14.7. The van der Waals surface area contributed by atoms with Crippen LogP contribution < -0.4 is 0 Å². The zero-order chi connectivity index (χ0) is 26.4. The Kier molecular flexibility index (Phi) is 7.76. The Bertz CT molecular complexity index is 1430. The van der Waals surface area contributed by atoms with Crippen LogP contribution in [0.4, 0.5) is 0 Å².